The van der Waals surface area contributed by atoms with E-state index in [2.05, 4.69) is 124 Å². The molecule has 0 aliphatic rings. The van der Waals surface area contributed by atoms with Gasteiger partial charge in [0.25, 0.3) is 0 Å². The highest BCUT2D eigenvalue weighted by Crippen LogP contribution is 2.41. The van der Waals surface area contributed by atoms with Crippen molar-refractivity contribution in [2.75, 3.05) is 0 Å². The molecule has 0 unspecified atom stereocenters. The lowest BCUT2D eigenvalue weighted by molar-refractivity contribution is 0.860. The first kappa shape index (κ1) is 21.6. The van der Waals surface area contributed by atoms with Gasteiger partial charge < -0.3 is 0 Å². The van der Waals surface area contributed by atoms with Crippen LogP contribution >= 0.6 is 23.5 Å². The molecule has 1 aromatic heterocycles. The lowest BCUT2D eigenvalue weighted by Gasteiger charge is -2.18. The van der Waals surface area contributed by atoms with E-state index in [4.69, 9.17) is 0 Å². The third kappa shape index (κ3) is 5.21. The Morgan fingerprint density at radius 1 is 0.606 bits per heavy atom. The Morgan fingerprint density at radius 3 is 1.70 bits per heavy atom. The molecule has 0 saturated heterocycles. The number of para-hydroxylation sites is 1. The minimum atomic E-state index is 0.119. The fourth-order valence-corrected chi connectivity index (χ4v) is 5.69. The maximum absolute atomic E-state index is 4.66. The van der Waals surface area contributed by atoms with Crippen LogP contribution in [0.25, 0.3) is 5.69 Å². The molecule has 0 aliphatic heterocycles. The molecule has 5 heteroatoms. The summed E-state index contributed by atoms with van der Waals surface area (Å²) in [5.74, 6) is 1.69. The van der Waals surface area contributed by atoms with E-state index < -0.39 is 0 Å². The molecular formula is C28H23N3S2. The zero-order valence-corrected chi connectivity index (χ0v) is 19.6. The van der Waals surface area contributed by atoms with Gasteiger partial charge >= 0.3 is 0 Å². The van der Waals surface area contributed by atoms with Crippen molar-refractivity contribution in [1.82, 2.24) is 14.8 Å². The Bertz CT molecular complexity index is 1230. The first-order chi connectivity index (χ1) is 16.4. The Kier molecular flexibility index (Phi) is 6.90. The van der Waals surface area contributed by atoms with Crippen molar-refractivity contribution in [3.05, 3.63) is 138 Å². The smallest absolute Gasteiger partial charge is 0.196 e. The molecule has 0 atom stereocenters. The molecule has 0 radical (unpaired) electrons. The SMILES string of the molecule is c1ccc(SCc2nnc(SC(c3ccccc3)c3ccccc3)n2-c2ccccc2)cc1. The van der Waals surface area contributed by atoms with Crippen LogP contribution in [0.15, 0.2) is 131 Å². The summed E-state index contributed by atoms with van der Waals surface area (Å²) in [7, 11) is 0. The molecule has 5 rings (SSSR count). The number of thioether (sulfide) groups is 2. The van der Waals surface area contributed by atoms with Crippen LogP contribution in [0.5, 0.6) is 0 Å². The van der Waals surface area contributed by atoms with E-state index >= 15 is 0 Å². The highest BCUT2D eigenvalue weighted by Gasteiger charge is 2.22. The first-order valence-corrected chi connectivity index (χ1v) is 12.7. The van der Waals surface area contributed by atoms with Crippen LogP contribution in [0, 0.1) is 0 Å². The van der Waals surface area contributed by atoms with Gasteiger partial charge in [-0.1, -0.05) is 109 Å². The van der Waals surface area contributed by atoms with Crippen molar-refractivity contribution in [3.8, 4) is 5.69 Å². The zero-order valence-electron chi connectivity index (χ0n) is 18.0. The second-order valence-corrected chi connectivity index (χ2v) is 9.61. The number of rotatable bonds is 8. The van der Waals surface area contributed by atoms with Crippen molar-refractivity contribution in [2.24, 2.45) is 0 Å². The Labute approximate surface area is 202 Å². The highest BCUT2D eigenvalue weighted by atomic mass is 32.2. The van der Waals surface area contributed by atoms with Crippen molar-refractivity contribution in [2.45, 2.75) is 21.1 Å². The summed E-state index contributed by atoms with van der Waals surface area (Å²) in [4.78, 5) is 1.22. The van der Waals surface area contributed by atoms with Crippen LogP contribution in [0.2, 0.25) is 0 Å². The average Bonchev–Trinajstić information content (AvgIpc) is 3.30. The molecule has 0 spiro atoms. The van der Waals surface area contributed by atoms with Crippen LogP contribution < -0.4 is 0 Å². The number of hydrogen-bond acceptors (Lipinski definition) is 4. The minimum absolute atomic E-state index is 0.119. The second-order valence-electron chi connectivity index (χ2n) is 7.49. The predicted molar refractivity (Wildman–Crippen MR) is 138 cm³/mol. The summed E-state index contributed by atoms with van der Waals surface area (Å²) in [5, 5.41) is 10.3. The van der Waals surface area contributed by atoms with Gasteiger partial charge in [0.2, 0.25) is 0 Å². The molecule has 0 aliphatic carbocycles. The monoisotopic (exact) mass is 465 g/mol. The highest BCUT2D eigenvalue weighted by molar-refractivity contribution is 7.99. The van der Waals surface area contributed by atoms with Crippen LogP contribution in [-0.2, 0) is 5.75 Å². The normalized spacial score (nSPS) is 11.1. The van der Waals surface area contributed by atoms with E-state index in [1.165, 1.54) is 16.0 Å². The molecule has 0 amide bonds. The van der Waals surface area contributed by atoms with Gasteiger partial charge in [0, 0.05) is 10.6 Å². The van der Waals surface area contributed by atoms with Gasteiger partial charge in [0.15, 0.2) is 5.16 Å². The van der Waals surface area contributed by atoms with E-state index in [9.17, 15) is 0 Å². The van der Waals surface area contributed by atoms with Gasteiger partial charge in [-0.05, 0) is 35.4 Å². The number of nitrogens with zero attached hydrogens (tertiary/aromatic N) is 3. The predicted octanol–water partition coefficient (Wildman–Crippen LogP) is 7.44. The fraction of sp³-hybridized carbons (Fsp3) is 0.0714. The van der Waals surface area contributed by atoms with Gasteiger partial charge in [0.05, 0.1) is 11.0 Å². The minimum Gasteiger partial charge on any atom is -0.273 e. The Balaban J connectivity index is 1.52. The standard InChI is InChI=1S/C28H23N3S2/c1-5-13-22(14-6-1)27(23-15-7-2-8-16-23)33-28-30-29-26(21-32-25-19-11-4-12-20-25)31(28)24-17-9-3-10-18-24/h1-20,27H,21H2. The molecule has 3 nitrogen and oxygen atoms in total. The van der Waals surface area contributed by atoms with Crippen LogP contribution in [0.4, 0.5) is 0 Å². The molecule has 0 fully saturated rings. The topological polar surface area (TPSA) is 30.7 Å². The van der Waals surface area contributed by atoms with Gasteiger partial charge in [-0.15, -0.1) is 22.0 Å². The Morgan fingerprint density at radius 2 is 1.12 bits per heavy atom. The maximum Gasteiger partial charge on any atom is 0.196 e. The van der Waals surface area contributed by atoms with Crippen molar-refractivity contribution < 1.29 is 0 Å². The van der Waals surface area contributed by atoms with Gasteiger partial charge in [-0.25, -0.2) is 0 Å². The van der Waals surface area contributed by atoms with Crippen LogP contribution in [-0.4, -0.2) is 14.8 Å². The molecule has 1 heterocycles. The first-order valence-electron chi connectivity index (χ1n) is 10.8. The largest absolute Gasteiger partial charge is 0.273 e. The fourth-order valence-electron chi connectivity index (χ4n) is 3.66. The maximum atomic E-state index is 4.66. The molecule has 0 saturated carbocycles. The summed E-state index contributed by atoms with van der Waals surface area (Å²) in [6, 6.07) is 42.0. The van der Waals surface area contributed by atoms with Crippen LogP contribution in [0.3, 0.4) is 0 Å². The molecular weight excluding hydrogens is 442 g/mol. The molecule has 5 aromatic rings. The van der Waals surface area contributed by atoms with Crippen molar-refractivity contribution in [3.63, 3.8) is 0 Å². The van der Waals surface area contributed by atoms with E-state index in [0.717, 1.165) is 22.4 Å². The average molecular weight is 466 g/mol. The summed E-state index contributed by atoms with van der Waals surface area (Å²) in [6.45, 7) is 0. The summed E-state index contributed by atoms with van der Waals surface area (Å²) < 4.78 is 2.19. The van der Waals surface area contributed by atoms with Crippen LogP contribution in [0.1, 0.15) is 22.2 Å². The third-order valence-corrected chi connectivity index (χ3v) is 7.52. The molecule has 0 bridgehead atoms. The third-order valence-electron chi connectivity index (χ3n) is 5.25. The summed E-state index contributed by atoms with van der Waals surface area (Å²) >= 11 is 3.51. The summed E-state index contributed by atoms with van der Waals surface area (Å²) in [5.41, 5.74) is 3.57. The summed E-state index contributed by atoms with van der Waals surface area (Å²) in [6.07, 6.45) is 0. The zero-order chi connectivity index (χ0) is 22.3. The number of benzene rings is 4. The van der Waals surface area contributed by atoms with Gasteiger partial charge in [-0.2, -0.15) is 0 Å². The molecule has 4 aromatic carbocycles. The van der Waals surface area contributed by atoms with E-state index in [-0.39, 0.29) is 5.25 Å². The van der Waals surface area contributed by atoms with Gasteiger partial charge in [-0.3, -0.25) is 4.57 Å². The quantitative estimate of drug-likeness (QED) is 0.223. The van der Waals surface area contributed by atoms with E-state index in [0.29, 0.717) is 0 Å². The lowest BCUT2D eigenvalue weighted by atomic mass is 10.0. The van der Waals surface area contributed by atoms with E-state index in [1.807, 2.05) is 12.1 Å². The lowest BCUT2D eigenvalue weighted by Crippen LogP contribution is -2.04. The number of aromatic nitrogens is 3. The van der Waals surface area contributed by atoms with Crippen molar-refractivity contribution in [1.29, 1.82) is 0 Å². The van der Waals surface area contributed by atoms with Gasteiger partial charge in [0.1, 0.15) is 5.82 Å². The second kappa shape index (κ2) is 10.6. The number of hydrogen-bond donors (Lipinski definition) is 0. The molecule has 162 valence electrons. The molecule has 33 heavy (non-hydrogen) atoms. The Hall–Kier alpha value is -3.28. The van der Waals surface area contributed by atoms with Crippen molar-refractivity contribution >= 4 is 23.5 Å². The van der Waals surface area contributed by atoms with E-state index in [1.54, 1.807) is 23.5 Å². The molecule has 0 N–H and O–H groups in total.